The standard InChI is InChI=1S/C20H17F3N4O2/c1-20(2,29-17-14(22)8-13(21)9-15(17)23)19-26-25-18(27(19)3)11-5-6-12(10-24)16(7-11)28-4/h5-9H,1-4H3. The Morgan fingerprint density at radius 2 is 1.72 bits per heavy atom. The molecule has 0 fully saturated rings. The molecule has 6 nitrogen and oxygen atoms in total. The highest BCUT2D eigenvalue weighted by atomic mass is 19.1. The topological polar surface area (TPSA) is 73.0 Å². The number of hydrogen-bond donors (Lipinski definition) is 0. The quantitative estimate of drug-likeness (QED) is 0.643. The number of nitriles is 1. The third kappa shape index (κ3) is 3.74. The Morgan fingerprint density at radius 1 is 1.07 bits per heavy atom. The molecular weight excluding hydrogens is 385 g/mol. The second kappa shape index (κ2) is 7.47. The summed E-state index contributed by atoms with van der Waals surface area (Å²) in [6.07, 6.45) is 0. The van der Waals surface area contributed by atoms with Crippen LogP contribution in [-0.4, -0.2) is 21.9 Å². The molecule has 29 heavy (non-hydrogen) atoms. The third-order valence-electron chi connectivity index (χ3n) is 4.31. The molecule has 1 aromatic heterocycles. The number of nitrogens with zero attached hydrogens (tertiary/aromatic N) is 4. The highest BCUT2D eigenvalue weighted by molar-refractivity contribution is 5.61. The van der Waals surface area contributed by atoms with Gasteiger partial charge in [-0.3, -0.25) is 0 Å². The van der Waals surface area contributed by atoms with Crippen LogP contribution in [0.25, 0.3) is 11.4 Å². The second-order valence-corrected chi connectivity index (χ2v) is 6.74. The first-order chi connectivity index (χ1) is 13.7. The minimum Gasteiger partial charge on any atom is -0.495 e. The minimum atomic E-state index is -1.30. The third-order valence-corrected chi connectivity index (χ3v) is 4.31. The van der Waals surface area contributed by atoms with Crippen LogP contribution in [0.2, 0.25) is 0 Å². The Morgan fingerprint density at radius 3 is 2.31 bits per heavy atom. The lowest BCUT2D eigenvalue weighted by atomic mass is 10.1. The van der Waals surface area contributed by atoms with Gasteiger partial charge in [0, 0.05) is 24.7 Å². The van der Waals surface area contributed by atoms with Crippen molar-refractivity contribution in [3.8, 4) is 29.0 Å². The van der Waals surface area contributed by atoms with Crippen molar-refractivity contribution in [2.75, 3.05) is 7.11 Å². The molecule has 9 heteroatoms. The van der Waals surface area contributed by atoms with Crippen LogP contribution in [0.3, 0.4) is 0 Å². The average Bonchev–Trinajstić information content (AvgIpc) is 3.06. The summed E-state index contributed by atoms with van der Waals surface area (Å²) in [6, 6.07) is 8.02. The molecule has 0 spiro atoms. The van der Waals surface area contributed by atoms with Gasteiger partial charge >= 0.3 is 0 Å². The predicted octanol–water partition coefficient (Wildman–Crippen LogP) is 4.09. The van der Waals surface area contributed by atoms with Gasteiger partial charge in [0.15, 0.2) is 34.6 Å². The highest BCUT2D eigenvalue weighted by Crippen LogP contribution is 2.33. The molecule has 0 radical (unpaired) electrons. The molecule has 0 aliphatic carbocycles. The summed E-state index contributed by atoms with van der Waals surface area (Å²) in [5, 5.41) is 17.3. The number of aromatic nitrogens is 3. The fraction of sp³-hybridized carbons (Fsp3) is 0.250. The van der Waals surface area contributed by atoms with Crippen molar-refractivity contribution in [1.82, 2.24) is 14.8 Å². The summed E-state index contributed by atoms with van der Waals surface area (Å²) in [5.41, 5.74) is -0.308. The zero-order valence-corrected chi connectivity index (χ0v) is 16.1. The van der Waals surface area contributed by atoms with Crippen molar-refractivity contribution < 1.29 is 22.6 Å². The first-order valence-corrected chi connectivity index (χ1v) is 8.50. The van der Waals surface area contributed by atoms with E-state index >= 15 is 0 Å². The van der Waals surface area contributed by atoms with Crippen LogP contribution in [0, 0.1) is 28.8 Å². The molecule has 0 saturated heterocycles. The molecule has 0 atom stereocenters. The van der Waals surface area contributed by atoms with E-state index in [9.17, 15) is 13.2 Å². The van der Waals surface area contributed by atoms with Gasteiger partial charge in [-0.2, -0.15) is 5.26 Å². The Labute approximate surface area is 165 Å². The minimum absolute atomic E-state index is 0.277. The predicted molar refractivity (Wildman–Crippen MR) is 97.7 cm³/mol. The molecule has 150 valence electrons. The maximum absolute atomic E-state index is 14.0. The van der Waals surface area contributed by atoms with E-state index < -0.39 is 28.8 Å². The van der Waals surface area contributed by atoms with Crippen molar-refractivity contribution in [2.24, 2.45) is 7.05 Å². The molecule has 0 N–H and O–H groups in total. The van der Waals surface area contributed by atoms with Crippen molar-refractivity contribution in [1.29, 1.82) is 5.26 Å². The normalized spacial score (nSPS) is 11.2. The number of benzene rings is 2. The van der Waals surface area contributed by atoms with E-state index in [0.29, 0.717) is 34.8 Å². The van der Waals surface area contributed by atoms with Crippen molar-refractivity contribution in [3.63, 3.8) is 0 Å². The van der Waals surface area contributed by atoms with Gasteiger partial charge in [-0.25, -0.2) is 13.2 Å². The van der Waals surface area contributed by atoms with Crippen LogP contribution in [0.15, 0.2) is 30.3 Å². The first-order valence-electron chi connectivity index (χ1n) is 8.50. The SMILES string of the molecule is COc1cc(-c2nnc(C(C)(C)Oc3c(F)cc(F)cc3F)n2C)ccc1C#N. The molecule has 0 amide bonds. The van der Waals surface area contributed by atoms with Gasteiger partial charge in [0.2, 0.25) is 0 Å². The van der Waals surface area contributed by atoms with Crippen LogP contribution in [0.1, 0.15) is 25.2 Å². The summed E-state index contributed by atoms with van der Waals surface area (Å²) >= 11 is 0. The Hall–Kier alpha value is -3.54. The Bertz CT molecular complexity index is 1100. The van der Waals surface area contributed by atoms with Crippen LogP contribution < -0.4 is 9.47 Å². The van der Waals surface area contributed by atoms with Crippen molar-refractivity contribution >= 4 is 0 Å². The molecule has 0 aliphatic heterocycles. The molecule has 0 bridgehead atoms. The van der Waals surface area contributed by atoms with E-state index in [1.165, 1.54) is 7.11 Å². The monoisotopic (exact) mass is 402 g/mol. The summed E-state index contributed by atoms with van der Waals surface area (Å²) in [5.74, 6) is -2.98. The molecule has 1 heterocycles. The largest absolute Gasteiger partial charge is 0.495 e. The lowest BCUT2D eigenvalue weighted by Gasteiger charge is -2.26. The lowest BCUT2D eigenvalue weighted by molar-refractivity contribution is 0.0833. The first kappa shape index (κ1) is 20.2. The van der Waals surface area contributed by atoms with E-state index in [0.717, 1.165) is 0 Å². The molecule has 3 aromatic rings. The highest BCUT2D eigenvalue weighted by Gasteiger charge is 2.32. The van der Waals surface area contributed by atoms with Gasteiger partial charge in [-0.15, -0.1) is 10.2 Å². The number of rotatable bonds is 5. The van der Waals surface area contributed by atoms with E-state index in [-0.39, 0.29) is 5.82 Å². The molecule has 3 rings (SSSR count). The number of halogens is 3. The average molecular weight is 402 g/mol. The van der Waals surface area contributed by atoms with Crippen molar-refractivity contribution in [2.45, 2.75) is 19.4 Å². The fourth-order valence-corrected chi connectivity index (χ4v) is 2.95. The van der Waals surface area contributed by atoms with Crippen molar-refractivity contribution in [3.05, 3.63) is 59.2 Å². The Kier molecular flexibility index (Phi) is 5.20. The van der Waals surface area contributed by atoms with E-state index in [2.05, 4.69) is 10.2 Å². The zero-order chi connectivity index (χ0) is 21.3. The summed E-state index contributed by atoms with van der Waals surface area (Å²) in [7, 11) is 3.11. The molecule has 2 aromatic carbocycles. The van der Waals surface area contributed by atoms with Gasteiger partial charge < -0.3 is 14.0 Å². The molecular formula is C20H17F3N4O2. The number of methoxy groups -OCH3 is 1. The maximum atomic E-state index is 14.0. The lowest BCUT2D eigenvalue weighted by Crippen LogP contribution is -2.30. The van der Waals surface area contributed by atoms with Gasteiger partial charge in [-0.05, 0) is 32.0 Å². The van der Waals surface area contributed by atoms with Gasteiger partial charge in [0.1, 0.15) is 17.6 Å². The zero-order valence-electron chi connectivity index (χ0n) is 16.1. The van der Waals surface area contributed by atoms with Gasteiger partial charge in [0.05, 0.1) is 12.7 Å². The van der Waals surface area contributed by atoms with Crippen LogP contribution in [0.5, 0.6) is 11.5 Å². The van der Waals surface area contributed by atoms with Crippen LogP contribution in [0.4, 0.5) is 13.2 Å². The summed E-state index contributed by atoms with van der Waals surface area (Å²) in [6.45, 7) is 3.12. The molecule has 0 aliphatic rings. The summed E-state index contributed by atoms with van der Waals surface area (Å²) < 4.78 is 53.4. The molecule has 0 unspecified atom stereocenters. The number of hydrogen-bond acceptors (Lipinski definition) is 5. The second-order valence-electron chi connectivity index (χ2n) is 6.74. The van der Waals surface area contributed by atoms with E-state index in [1.807, 2.05) is 6.07 Å². The van der Waals surface area contributed by atoms with E-state index in [4.69, 9.17) is 14.7 Å². The van der Waals surface area contributed by atoms with E-state index in [1.54, 1.807) is 43.7 Å². The molecule has 0 saturated carbocycles. The Balaban J connectivity index is 1.99. The number of ether oxygens (including phenoxy) is 2. The smallest absolute Gasteiger partial charge is 0.192 e. The van der Waals surface area contributed by atoms with Crippen LogP contribution >= 0.6 is 0 Å². The summed E-state index contributed by atoms with van der Waals surface area (Å²) in [4.78, 5) is 0. The van der Waals surface area contributed by atoms with Gasteiger partial charge in [0.25, 0.3) is 0 Å². The maximum Gasteiger partial charge on any atom is 0.192 e. The van der Waals surface area contributed by atoms with Crippen LogP contribution in [-0.2, 0) is 12.6 Å². The fourth-order valence-electron chi connectivity index (χ4n) is 2.95. The van der Waals surface area contributed by atoms with Gasteiger partial charge in [-0.1, -0.05) is 0 Å².